The van der Waals surface area contributed by atoms with Crippen LogP contribution in [0, 0.1) is 0 Å². The Kier molecular flexibility index (Phi) is 3.84. The van der Waals surface area contributed by atoms with Gasteiger partial charge in [-0.05, 0) is 23.0 Å². The first-order valence-corrected chi connectivity index (χ1v) is 8.11. The zero-order valence-corrected chi connectivity index (χ0v) is 14.2. The maximum atomic E-state index is 12.2. The van der Waals surface area contributed by atoms with E-state index < -0.39 is 0 Å². The first kappa shape index (κ1) is 15.5. The third-order valence-electron chi connectivity index (χ3n) is 4.07. The Hall–Kier alpha value is -2.36. The number of hydrogen-bond acceptors (Lipinski definition) is 2. The normalized spacial score (nSPS) is 12.0. The molecule has 2 heterocycles. The van der Waals surface area contributed by atoms with E-state index in [-0.39, 0.29) is 11.0 Å². The molecule has 4 heteroatoms. The van der Waals surface area contributed by atoms with Gasteiger partial charge in [-0.2, -0.15) is 0 Å². The third-order valence-corrected chi connectivity index (χ3v) is 4.07. The van der Waals surface area contributed by atoms with Gasteiger partial charge in [0.05, 0.1) is 5.69 Å². The Morgan fingerprint density at radius 1 is 1.13 bits per heavy atom. The van der Waals surface area contributed by atoms with E-state index in [2.05, 4.69) is 62.0 Å². The summed E-state index contributed by atoms with van der Waals surface area (Å²) in [6.07, 6.45) is 1.81. The van der Waals surface area contributed by atoms with Gasteiger partial charge in [-0.15, -0.1) is 0 Å². The van der Waals surface area contributed by atoms with Crippen molar-refractivity contribution in [2.75, 3.05) is 0 Å². The van der Waals surface area contributed by atoms with E-state index in [9.17, 15) is 4.79 Å². The largest absolute Gasteiger partial charge is 0.289 e. The number of hydrogen-bond donors (Lipinski definition) is 1. The lowest BCUT2D eigenvalue weighted by Crippen LogP contribution is -2.15. The average Bonchev–Trinajstić information content (AvgIpc) is 2.91. The first-order chi connectivity index (χ1) is 10.9. The Morgan fingerprint density at radius 2 is 1.83 bits per heavy atom. The summed E-state index contributed by atoms with van der Waals surface area (Å²) in [6, 6.07) is 12.0. The predicted molar refractivity (Wildman–Crippen MR) is 93.9 cm³/mol. The zero-order valence-electron chi connectivity index (χ0n) is 14.2. The maximum absolute atomic E-state index is 12.2. The van der Waals surface area contributed by atoms with Crippen LogP contribution in [0.25, 0.3) is 16.9 Å². The fraction of sp³-hybridized carbons (Fsp3) is 0.368. The second-order valence-corrected chi connectivity index (χ2v) is 7.03. The number of aromatic nitrogens is 3. The summed E-state index contributed by atoms with van der Waals surface area (Å²) in [6.45, 7) is 8.68. The van der Waals surface area contributed by atoms with Crippen LogP contribution in [0.3, 0.4) is 0 Å². The maximum Gasteiger partial charge on any atom is 0.272 e. The van der Waals surface area contributed by atoms with Crippen LogP contribution in [-0.4, -0.2) is 14.6 Å². The fourth-order valence-electron chi connectivity index (χ4n) is 2.72. The lowest BCUT2D eigenvalue weighted by atomic mass is 9.86. The van der Waals surface area contributed by atoms with Gasteiger partial charge in [0, 0.05) is 17.8 Å². The van der Waals surface area contributed by atoms with E-state index in [0.717, 1.165) is 29.8 Å². The molecule has 23 heavy (non-hydrogen) atoms. The lowest BCUT2D eigenvalue weighted by Gasteiger charge is -2.18. The Balaban J connectivity index is 2.03. The minimum Gasteiger partial charge on any atom is -0.289 e. The quantitative estimate of drug-likeness (QED) is 0.796. The van der Waals surface area contributed by atoms with Crippen LogP contribution in [0.4, 0.5) is 0 Å². The molecule has 0 saturated carbocycles. The molecule has 0 amide bonds. The van der Waals surface area contributed by atoms with Gasteiger partial charge in [0.2, 0.25) is 0 Å². The molecular weight excluding hydrogens is 286 g/mol. The Labute approximate surface area is 136 Å². The van der Waals surface area contributed by atoms with Gasteiger partial charge in [0.15, 0.2) is 5.65 Å². The molecule has 3 aromatic rings. The van der Waals surface area contributed by atoms with Gasteiger partial charge in [0.25, 0.3) is 5.56 Å². The average molecular weight is 309 g/mol. The smallest absolute Gasteiger partial charge is 0.272 e. The van der Waals surface area contributed by atoms with Gasteiger partial charge >= 0.3 is 0 Å². The molecule has 0 spiro atoms. The van der Waals surface area contributed by atoms with E-state index >= 15 is 0 Å². The van der Waals surface area contributed by atoms with Gasteiger partial charge in [-0.25, -0.2) is 9.50 Å². The molecule has 3 rings (SSSR count). The molecule has 0 bridgehead atoms. The fourth-order valence-corrected chi connectivity index (χ4v) is 2.72. The minimum atomic E-state index is -0.0592. The second-order valence-electron chi connectivity index (χ2n) is 7.03. The van der Waals surface area contributed by atoms with Crippen LogP contribution < -0.4 is 5.56 Å². The number of aromatic amines is 1. The number of aryl methyl sites for hydroxylation is 1. The van der Waals surface area contributed by atoms with Crippen LogP contribution >= 0.6 is 0 Å². The number of fused-ring (bicyclic) bond motifs is 1. The van der Waals surface area contributed by atoms with Crippen molar-refractivity contribution in [2.45, 2.75) is 46.0 Å². The summed E-state index contributed by atoms with van der Waals surface area (Å²) < 4.78 is 1.51. The summed E-state index contributed by atoms with van der Waals surface area (Å²) >= 11 is 0. The summed E-state index contributed by atoms with van der Waals surface area (Å²) in [5.41, 5.74) is 4.85. The highest BCUT2D eigenvalue weighted by molar-refractivity contribution is 5.64. The number of benzene rings is 1. The van der Waals surface area contributed by atoms with Crippen LogP contribution in [0.1, 0.15) is 45.4 Å². The molecule has 0 saturated heterocycles. The topological polar surface area (TPSA) is 50.2 Å². The summed E-state index contributed by atoms with van der Waals surface area (Å²) in [4.78, 5) is 16.8. The molecule has 2 aromatic heterocycles. The minimum absolute atomic E-state index is 0.0592. The number of nitrogens with zero attached hydrogens (tertiary/aromatic N) is 2. The second kappa shape index (κ2) is 5.69. The highest BCUT2D eigenvalue weighted by Crippen LogP contribution is 2.25. The molecule has 0 aliphatic carbocycles. The van der Waals surface area contributed by atoms with Crippen molar-refractivity contribution in [3.05, 3.63) is 58.0 Å². The van der Waals surface area contributed by atoms with E-state index in [1.807, 2.05) is 6.07 Å². The monoisotopic (exact) mass is 309 g/mol. The zero-order chi connectivity index (χ0) is 16.6. The molecule has 4 nitrogen and oxygen atoms in total. The molecule has 1 aromatic carbocycles. The molecule has 0 fully saturated rings. The molecule has 1 N–H and O–H groups in total. The Bertz CT molecular complexity index is 880. The van der Waals surface area contributed by atoms with E-state index in [0.29, 0.717) is 5.65 Å². The van der Waals surface area contributed by atoms with Crippen LogP contribution in [0.15, 0.2) is 41.2 Å². The van der Waals surface area contributed by atoms with Crippen molar-refractivity contribution in [3.8, 4) is 11.3 Å². The van der Waals surface area contributed by atoms with Crippen LogP contribution in [0.5, 0.6) is 0 Å². The number of nitrogens with one attached hydrogen (secondary N) is 1. The highest BCUT2D eigenvalue weighted by Gasteiger charge is 2.14. The molecule has 0 aliphatic heterocycles. The van der Waals surface area contributed by atoms with Gasteiger partial charge in [-0.3, -0.25) is 9.89 Å². The summed E-state index contributed by atoms with van der Waals surface area (Å²) in [7, 11) is 0. The Morgan fingerprint density at radius 3 is 2.43 bits per heavy atom. The molecular formula is C19H23N3O. The molecule has 0 aliphatic rings. The van der Waals surface area contributed by atoms with Crippen molar-refractivity contribution in [2.24, 2.45) is 0 Å². The summed E-state index contributed by atoms with van der Waals surface area (Å²) in [5, 5.41) is 3.15. The van der Waals surface area contributed by atoms with E-state index in [1.165, 1.54) is 10.1 Å². The molecule has 0 radical (unpaired) electrons. The van der Waals surface area contributed by atoms with Crippen molar-refractivity contribution < 1.29 is 0 Å². The number of rotatable bonds is 3. The molecule has 0 unspecified atom stereocenters. The first-order valence-electron chi connectivity index (χ1n) is 8.11. The molecule has 0 atom stereocenters. The van der Waals surface area contributed by atoms with Crippen molar-refractivity contribution >= 4 is 5.65 Å². The van der Waals surface area contributed by atoms with Crippen LogP contribution in [0.2, 0.25) is 0 Å². The van der Waals surface area contributed by atoms with Crippen molar-refractivity contribution in [3.63, 3.8) is 0 Å². The summed E-state index contributed by atoms with van der Waals surface area (Å²) in [5.74, 6) is 0. The van der Waals surface area contributed by atoms with Gasteiger partial charge in [-0.1, -0.05) is 58.4 Å². The van der Waals surface area contributed by atoms with Crippen molar-refractivity contribution in [1.29, 1.82) is 0 Å². The van der Waals surface area contributed by atoms with Gasteiger partial charge < -0.3 is 0 Å². The van der Waals surface area contributed by atoms with Crippen molar-refractivity contribution in [1.82, 2.24) is 14.6 Å². The predicted octanol–water partition coefficient (Wildman–Crippen LogP) is 3.94. The standard InChI is InChI=1S/C19H23N3O/c1-5-6-15-11-18(23)22-17(20-15)12-16(21-22)13-7-9-14(10-8-13)19(2,3)4/h7-12,21H,5-6H2,1-4H3. The van der Waals surface area contributed by atoms with E-state index in [1.54, 1.807) is 6.07 Å². The lowest BCUT2D eigenvalue weighted by molar-refractivity contribution is 0.590. The highest BCUT2D eigenvalue weighted by atomic mass is 16.1. The number of H-pyrrole nitrogens is 1. The molecule has 120 valence electrons. The van der Waals surface area contributed by atoms with E-state index in [4.69, 9.17) is 0 Å². The van der Waals surface area contributed by atoms with Crippen LogP contribution in [-0.2, 0) is 11.8 Å². The third kappa shape index (κ3) is 3.07. The SMILES string of the molecule is CCCc1cc(=O)n2[nH]c(-c3ccc(C(C)(C)C)cc3)cc2n1. The van der Waals surface area contributed by atoms with Gasteiger partial charge in [0.1, 0.15) is 0 Å².